The molecule has 3 rings (SSSR count). The second kappa shape index (κ2) is 9.90. The zero-order chi connectivity index (χ0) is 19.8. The summed E-state index contributed by atoms with van der Waals surface area (Å²) >= 11 is 0. The third-order valence-electron chi connectivity index (χ3n) is 4.69. The molecule has 1 heterocycles. The number of amides is 2. The molecule has 148 valence electrons. The molecule has 28 heavy (non-hydrogen) atoms. The van der Waals surface area contributed by atoms with E-state index in [-0.39, 0.29) is 11.8 Å². The van der Waals surface area contributed by atoms with Gasteiger partial charge in [0.2, 0.25) is 11.8 Å². The highest BCUT2D eigenvalue weighted by Gasteiger charge is 2.19. The van der Waals surface area contributed by atoms with E-state index in [1.165, 1.54) is 6.92 Å². The molecule has 0 N–H and O–H groups in total. The van der Waals surface area contributed by atoms with E-state index in [0.29, 0.717) is 45.9 Å². The van der Waals surface area contributed by atoms with Crippen LogP contribution < -0.4 is 9.64 Å². The highest BCUT2D eigenvalue weighted by molar-refractivity contribution is 5.92. The molecule has 0 spiro atoms. The average Bonchev–Trinajstić information content (AvgIpc) is 2.74. The molecule has 1 aliphatic heterocycles. The van der Waals surface area contributed by atoms with Gasteiger partial charge >= 0.3 is 0 Å². The monoisotopic (exact) mass is 382 g/mol. The molecule has 2 amide bonds. The Kier molecular flexibility index (Phi) is 7.03. The van der Waals surface area contributed by atoms with E-state index in [9.17, 15) is 9.59 Å². The molecule has 2 aromatic rings. The number of morpholine rings is 1. The highest BCUT2D eigenvalue weighted by Crippen LogP contribution is 2.21. The van der Waals surface area contributed by atoms with Crippen LogP contribution in [0.15, 0.2) is 54.6 Å². The Bertz CT molecular complexity index is 771. The number of carbonyl (C=O) groups is 2. The zero-order valence-electron chi connectivity index (χ0n) is 16.2. The van der Waals surface area contributed by atoms with Gasteiger partial charge < -0.3 is 19.3 Å². The van der Waals surface area contributed by atoms with E-state index in [1.54, 1.807) is 9.80 Å². The maximum Gasteiger partial charge on any atom is 0.224 e. The topological polar surface area (TPSA) is 59.1 Å². The summed E-state index contributed by atoms with van der Waals surface area (Å²) in [7, 11) is 0. The van der Waals surface area contributed by atoms with Crippen molar-refractivity contribution in [2.75, 3.05) is 37.7 Å². The Morgan fingerprint density at radius 2 is 1.71 bits per heavy atom. The van der Waals surface area contributed by atoms with Crippen LogP contribution in [-0.2, 0) is 20.9 Å². The minimum atomic E-state index is -0.0901. The molecule has 0 bridgehead atoms. The fourth-order valence-electron chi connectivity index (χ4n) is 3.11. The summed E-state index contributed by atoms with van der Waals surface area (Å²) in [4.78, 5) is 27.8. The first-order valence-corrected chi connectivity index (χ1v) is 9.54. The SMILES string of the molecule is CC(=O)N(CCC(=O)N1CCOCC1)c1ccc(OCc2ccccc2)cc1. The first kappa shape index (κ1) is 19.9. The smallest absolute Gasteiger partial charge is 0.224 e. The molecule has 1 fully saturated rings. The maximum absolute atomic E-state index is 12.3. The fourth-order valence-corrected chi connectivity index (χ4v) is 3.11. The van der Waals surface area contributed by atoms with Crippen molar-refractivity contribution in [3.8, 4) is 5.75 Å². The summed E-state index contributed by atoms with van der Waals surface area (Å²) < 4.78 is 11.1. The molecule has 0 radical (unpaired) electrons. The molecular weight excluding hydrogens is 356 g/mol. The average molecular weight is 382 g/mol. The molecule has 6 heteroatoms. The number of carbonyl (C=O) groups excluding carboxylic acids is 2. The Hall–Kier alpha value is -2.86. The van der Waals surface area contributed by atoms with Crippen molar-refractivity contribution < 1.29 is 19.1 Å². The van der Waals surface area contributed by atoms with Crippen LogP contribution in [0.4, 0.5) is 5.69 Å². The van der Waals surface area contributed by atoms with Crippen LogP contribution >= 0.6 is 0 Å². The predicted molar refractivity (Wildman–Crippen MR) is 107 cm³/mol. The Morgan fingerprint density at radius 3 is 2.36 bits per heavy atom. The molecule has 2 aromatic carbocycles. The van der Waals surface area contributed by atoms with Gasteiger partial charge in [-0.2, -0.15) is 0 Å². The molecule has 1 saturated heterocycles. The summed E-state index contributed by atoms with van der Waals surface area (Å²) in [5.41, 5.74) is 1.85. The molecule has 0 aliphatic carbocycles. The van der Waals surface area contributed by atoms with Gasteiger partial charge in [-0.05, 0) is 29.8 Å². The zero-order valence-corrected chi connectivity index (χ0v) is 16.2. The summed E-state index contributed by atoms with van der Waals surface area (Å²) in [6.45, 7) is 4.75. The second-order valence-corrected chi connectivity index (χ2v) is 6.68. The number of ether oxygens (including phenoxy) is 2. The van der Waals surface area contributed by atoms with Crippen LogP contribution in [-0.4, -0.2) is 49.6 Å². The van der Waals surface area contributed by atoms with Gasteiger partial charge in [0.25, 0.3) is 0 Å². The van der Waals surface area contributed by atoms with Crippen molar-refractivity contribution >= 4 is 17.5 Å². The number of hydrogen-bond donors (Lipinski definition) is 0. The first-order chi connectivity index (χ1) is 13.6. The quantitative estimate of drug-likeness (QED) is 0.739. The third-order valence-corrected chi connectivity index (χ3v) is 4.69. The first-order valence-electron chi connectivity index (χ1n) is 9.54. The van der Waals surface area contributed by atoms with E-state index in [0.717, 1.165) is 17.0 Å². The minimum absolute atomic E-state index is 0.0531. The number of anilines is 1. The summed E-state index contributed by atoms with van der Waals surface area (Å²) in [6, 6.07) is 17.3. The van der Waals surface area contributed by atoms with Crippen molar-refractivity contribution in [2.45, 2.75) is 20.0 Å². The summed E-state index contributed by atoms with van der Waals surface area (Å²) in [5.74, 6) is 0.700. The van der Waals surface area contributed by atoms with Crippen LogP contribution in [0.1, 0.15) is 18.9 Å². The molecule has 6 nitrogen and oxygen atoms in total. The summed E-state index contributed by atoms with van der Waals surface area (Å²) in [6.07, 6.45) is 0.297. The number of nitrogens with zero attached hydrogens (tertiary/aromatic N) is 2. The highest BCUT2D eigenvalue weighted by atomic mass is 16.5. The van der Waals surface area contributed by atoms with Crippen molar-refractivity contribution in [3.63, 3.8) is 0 Å². The van der Waals surface area contributed by atoms with E-state index in [4.69, 9.17) is 9.47 Å². The predicted octanol–water partition coefficient (Wildman–Crippen LogP) is 2.87. The van der Waals surface area contributed by atoms with Crippen LogP contribution in [0.2, 0.25) is 0 Å². The van der Waals surface area contributed by atoms with Gasteiger partial charge in [-0.25, -0.2) is 0 Å². The Balaban J connectivity index is 1.55. The van der Waals surface area contributed by atoms with Gasteiger partial charge in [-0.3, -0.25) is 9.59 Å². The summed E-state index contributed by atoms with van der Waals surface area (Å²) in [5, 5.41) is 0. The lowest BCUT2D eigenvalue weighted by Crippen LogP contribution is -2.42. The van der Waals surface area contributed by atoms with Crippen molar-refractivity contribution in [1.29, 1.82) is 0 Å². The van der Waals surface area contributed by atoms with E-state index < -0.39 is 0 Å². The van der Waals surface area contributed by atoms with Crippen molar-refractivity contribution in [3.05, 3.63) is 60.2 Å². The molecule has 0 aromatic heterocycles. The van der Waals surface area contributed by atoms with Gasteiger partial charge in [0.15, 0.2) is 0 Å². The van der Waals surface area contributed by atoms with Crippen LogP contribution in [0.3, 0.4) is 0 Å². The molecule has 0 unspecified atom stereocenters. The van der Waals surface area contributed by atoms with Crippen molar-refractivity contribution in [2.24, 2.45) is 0 Å². The molecular formula is C22H26N2O4. The fraction of sp³-hybridized carbons (Fsp3) is 0.364. The van der Waals surface area contributed by atoms with Crippen molar-refractivity contribution in [1.82, 2.24) is 4.90 Å². The minimum Gasteiger partial charge on any atom is -0.489 e. The van der Waals surface area contributed by atoms with Gasteiger partial charge in [0.1, 0.15) is 12.4 Å². The maximum atomic E-state index is 12.3. The third kappa shape index (κ3) is 5.57. The standard InChI is InChI=1S/C22H26N2O4/c1-18(25)24(12-11-22(26)23-13-15-27-16-14-23)20-7-9-21(10-8-20)28-17-19-5-3-2-4-6-19/h2-10H,11-17H2,1H3. The van der Waals surface area contributed by atoms with E-state index in [2.05, 4.69) is 0 Å². The van der Waals surface area contributed by atoms with E-state index in [1.807, 2.05) is 54.6 Å². The lowest BCUT2D eigenvalue weighted by molar-refractivity contribution is -0.135. The van der Waals surface area contributed by atoms with Gasteiger partial charge in [0, 0.05) is 38.7 Å². The van der Waals surface area contributed by atoms with Crippen LogP contribution in [0.5, 0.6) is 5.75 Å². The second-order valence-electron chi connectivity index (χ2n) is 6.68. The normalized spacial score (nSPS) is 13.8. The molecule has 0 saturated carbocycles. The Labute approximate surface area is 165 Å². The lowest BCUT2D eigenvalue weighted by Gasteiger charge is -2.28. The van der Waals surface area contributed by atoms with Gasteiger partial charge in [0.05, 0.1) is 13.2 Å². The van der Waals surface area contributed by atoms with Crippen LogP contribution in [0.25, 0.3) is 0 Å². The number of rotatable bonds is 7. The molecule has 1 aliphatic rings. The Morgan fingerprint density at radius 1 is 1.04 bits per heavy atom. The van der Waals surface area contributed by atoms with Gasteiger partial charge in [-0.15, -0.1) is 0 Å². The van der Waals surface area contributed by atoms with E-state index >= 15 is 0 Å². The van der Waals surface area contributed by atoms with Crippen LogP contribution in [0, 0.1) is 0 Å². The number of benzene rings is 2. The lowest BCUT2D eigenvalue weighted by atomic mass is 10.2. The van der Waals surface area contributed by atoms with Gasteiger partial charge in [-0.1, -0.05) is 30.3 Å². The largest absolute Gasteiger partial charge is 0.489 e. The number of hydrogen-bond acceptors (Lipinski definition) is 4. The molecule has 0 atom stereocenters.